The minimum absolute atomic E-state index is 0.00545. The van der Waals surface area contributed by atoms with Crippen molar-refractivity contribution < 1.29 is 22.4 Å². The van der Waals surface area contributed by atoms with E-state index in [-0.39, 0.29) is 31.5 Å². The lowest BCUT2D eigenvalue weighted by atomic mass is 9.97. The minimum atomic E-state index is -4.23. The molecule has 0 unspecified atom stereocenters. The summed E-state index contributed by atoms with van der Waals surface area (Å²) in [7, 11) is 0. The Morgan fingerprint density at radius 2 is 2.23 bits per heavy atom. The number of hydrogen-bond acceptors (Lipinski definition) is 3. The van der Waals surface area contributed by atoms with Crippen molar-refractivity contribution in [3.8, 4) is 0 Å². The zero-order valence-corrected chi connectivity index (χ0v) is 12.7. The van der Waals surface area contributed by atoms with Crippen LogP contribution >= 0.6 is 0 Å². The van der Waals surface area contributed by atoms with Gasteiger partial charge >= 0.3 is 6.18 Å². The van der Waals surface area contributed by atoms with E-state index in [4.69, 9.17) is 4.42 Å². The van der Waals surface area contributed by atoms with Crippen molar-refractivity contribution in [2.45, 2.75) is 38.9 Å². The lowest BCUT2D eigenvalue weighted by molar-refractivity contribution is -0.187. The summed E-state index contributed by atoms with van der Waals surface area (Å²) in [6, 6.07) is 3.48. The molecule has 0 radical (unpaired) electrons. The summed E-state index contributed by atoms with van der Waals surface area (Å²) >= 11 is 0. The molecular weight excluding hydrogens is 297 g/mol. The minimum Gasteiger partial charge on any atom is -0.465 e. The molecule has 1 N–H and O–H groups in total. The summed E-state index contributed by atoms with van der Waals surface area (Å²) in [4.78, 5) is 13.4. The van der Waals surface area contributed by atoms with Crippen LogP contribution in [0.25, 0.3) is 0 Å². The third kappa shape index (κ3) is 4.25. The Kier molecular flexibility index (Phi) is 5.16. The smallest absolute Gasteiger partial charge is 0.393 e. The molecule has 1 aromatic rings. The van der Waals surface area contributed by atoms with Crippen LogP contribution in [-0.2, 0) is 4.79 Å². The summed E-state index contributed by atoms with van der Waals surface area (Å²) in [6.07, 6.45) is -3.74. The highest BCUT2D eigenvalue weighted by atomic mass is 19.4. The molecule has 0 bridgehead atoms. The first-order chi connectivity index (χ1) is 10.3. The maximum Gasteiger partial charge on any atom is 0.393 e. The zero-order chi connectivity index (χ0) is 16.3. The predicted molar refractivity (Wildman–Crippen MR) is 75.2 cm³/mol. The maximum absolute atomic E-state index is 12.7. The van der Waals surface area contributed by atoms with Crippen molar-refractivity contribution >= 4 is 5.91 Å². The molecule has 1 aliphatic rings. The van der Waals surface area contributed by atoms with Crippen molar-refractivity contribution in [2.24, 2.45) is 5.92 Å². The summed E-state index contributed by atoms with van der Waals surface area (Å²) in [5.41, 5.74) is 0. The number of aryl methyl sites for hydroxylation is 1. The molecule has 0 spiro atoms. The van der Waals surface area contributed by atoms with E-state index in [0.717, 1.165) is 5.76 Å². The number of halogens is 3. The molecule has 1 amide bonds. The van der Waals surface area contributed by atoms with Gasteiger partial charge in [0.25, 0.3) is 0 Å². The number of hydrogen-bond donors (Lipinski definition) is 1. The van der Waals surface area contributed by atoms with Gasteiger partial charge in [0.2, 0.25) is 5.91 Å². The Bertz CT molecular complexity index is 513. The number of alkyl halides is 3. The Balaban J connectivity index is 1.84. The molecule has 1 aromatic heterocycles. The van der Waals surface area contributed by atoms with E-state index in [9.17, 15) is 18.0 Å². The molecule has 4 nitrogen and oxygen atoms in total. The topological polar surface area (TPSA) is 45.5 Å². The monoisotopic (exact) mass is 318 g/mol. The SMILES string of the molecule is Cc1ccc([C@@H](C)NCC(=O)N2CCC[C@H](C(F)(F)F)C2)o1. The second-order valence-corrected chi connectivity index (χ2v) is 5.77. The van der Waals surface area contributed by atoms with Crippen LogP contribution < -0.4 is 5.32 Å². The third-order valence-electron chi connectivity index (χ3n) is 3.98. The standard InChI is InChI=1S/C15H21F3N2O2/c1-10-5-6-13(22-10)11(2)19-8-14(21)20-7-3-4-12(9-20)15(16,17)18/h5-6,11-12,19H,3-4,7-9H2,1-2H3/t11-,12+/m1/s1. The van der Waals surface area contributed by atoms with Gasteiger partial charge in [0.1, 0.15) is 11.5 Å². The number of amides is 1. The fraction of sp³-hybridized carbons (Fsp3) is 0.667. The second kappa shape index (κ2) is 6.73. The van der Waals surface area contributed by atoms with Crippen LogP contribution in [0, 0.1) is 12.8 Å². The summed E-state index contributed by atoms with van der Waals surface area (Å²) in [6.45, 7) is 3.83. The van der Waals surface area contributed by atoms with Crippen molar-refractivity contribution in [1.29, 1.82) is 0 Å². The lowest BCUT2D eigenvalue weighted by Gasteiger charge is -2.34. The van der Waals surface area contributed by atoms with Crippen LogP contribution in [0.15, 0.2) is 16.5 Å². The van der Waals surface area contributed by atoms with Crippen LogP contribution in [-0.4, -0.2) is 36.6 Å². The molecule has 0 aliphatic carbocycles. The van der Waals surface area contributed by atoms with Crippen molar-refractivity contribution in [3.05, 3.63) is 23.7 Å². The number of carbonyl (C=O) groups is 1. The second-order valence-electron chi connectivity index (χ2n) is 5.77. The van der Waals surface area contributed by atoms with Gasteiger partial charge in [0.15, 0.2) is 0 Å². The number of rotatable bonds is 4. The Hall–Kier alpha value is -1.50. The van der Waals surface area contributed by atoms with Crippen LogP contribution in [0.5, 0.6) is 0 Å². The Labute approximate surface area is 127 Å². The van der Waals surface area contributed by atoms with Gasteiger partial charge in [-0.15, -0.1) is 0 Å². The summed E-state index contributed by atoms with van der Waals surface area (Å²) in [5.74, 6) is -0.226. The van der Waals surface area contributed by atoms with E-state index < -0.39 is 12.1 Å². The third-order valence-corrected chi connectivity index (χ3v) is 3.98. The molecular formula is C15H21F3N2O2. The average molecular weight is 318 g/mol. The largest absolute Gasteiger partial charge is 0.465 e. The summed E-state index contributed by atoms with van der Waals surface area (Å²) < 4.78 is 43.7. The van der Waals surface area contributed by atoms with Crippen LogP contribution in [0.1, 0.15) is 37.3 Å². The normalized spacial score (nSPS) is 21.0. The van der Waals surface area contributed by atoms with Crippen molar-refractivity contribution in [3.63, 3.8) is 0 Å². The van der Waals surface area contributed by atoms with Gasteiger partial charge in [0.05, 0.1) is 18.5 Å². The van der Waals surface area contributed by atoms with Gasteiger partial charge in [-0.3, -0.25) is 10.1 Å². The lowest BCUT2D eigenvalue weighted by Crippen LogP contribution is -2.47. The number of carbonyl (C=O) groups excluding carboxylic acids is 1. The van der Waals surface area contributed by atoms with E-state index in [1.54, 1.807) is 0 Å². The maximum atomic E-state index is 12.7. The van der Waals surface area contributed by atoms with E-state index >= 15 is 0 Å². The molecule has 7 heteroatoms. The van der Waals surface area contributed by atoms with Crippen LogP contribution in [0.3, 0.4) is 0 Å². The predicted octanol–water partition coefficient (Wildman–Crippen LogP) is 3.04. The van der Waals surface area contributed by atoms with Gasteiger partial charge in [-0.05, 0) is 38.8 Å². The number of likely N-dealkylation sites (tertiary alicyclic amines) is 1. The Morgan fingerprint density at radius 3 is 2.82 bits per heavy atom. The highest BCUT2D eigenvalue weighted by Gasteiger charge is 2.42. The number of piperidine rings is 1. The highest BCUT2D eigenvalue weighted by Crippen LogP contribution is 2.33. The molecule has 2 heterocycles. The van der Waals surface area contributed by atoms with Gasteiger partial charge in [-0.2, -0.15) is 13.2 Å². The first-order valence-electron chi connectivity index (χ1n) is 7.41. The van der Waals surface area contributed by atoms with Gasteiger partial charge < -0.3 is 9.32 Å². The molecule has 0 saturated carbocycles. The molecule has 2 rings (SSSR count). The van der Waals surface area contributed by atoms with Gasteiger partial charge in [-0.1, -0.05) is 0 Å². The molecule has 22 heavy (non-hydrogen) atoms. The fourth-order valence-electron chi connectivity index (χ4n) is 2.61. The first-order valence-corrected chi connectivity index (χ1v) is 7.41. The zero-order valence-electron chi connectivity index (χ0n) is 12.7. The molecule has 1 saturated heterocycles. The van der Waals surface area contributed by atoms with Crippen LogP contribution in [0.4, 0.5) is 13.2 Å². The number of nitrogens with zero attached hydrogens (tertiary/aromatic N) is 1. The van der Waals surface area contributed by atoms with Gasteiger partial charge in [0, 0.05) is 13.1 Å². The molecule has 1 fully saturated rings. The van der Waals surface area contributed by atoms with Gasteiger partial charge in [-0.25, -0.2) is 0 Å². The van der Waals surface area contributed by atoms with E-state index in [1.807, 2.05) is 26.0 Å². The fourth-order valence-corrected chi connectivity index (χ4v) is 2.61. The number of nitrogens with one attached hydrogen (secondary N) is 1. The average Bonchev–Trinajstić information content (AvgIpc) is 2.90. The van der Waals surface area contributed by atoms with E-state index in [2.05, 4.69) is 5.32 Å². The van der Waals surface area contributed by atoms with Crippen molar-refractivity contribution in [2.75, 3.05) is 19.6 Å². The number of furan rings is 1. The highest BCUT2D eigenvalue weighted by molar-refractivity contribution is 5.78. The molecule has 2 atom stereocenters. The summed E-state index contributed by atoms with van der Waals surface area (Å²) in [5, 5.41) is 3.00. The quantitative estimate of drug-likeness (QED) is 0.928. The molecule has 1 aliphatic heterocycles. The first kappa shape index (κ1) is 16.9. The van der Waals surface area contributed by atoms with Crippen molar-refractivity contribution in [1.82, 2.24) is 10.2 Å². The molecule has 124 valence electrons. The van der Waals surface area contributed by atoms with E-state index in [1.165, 1.54) is 4.90 Å². The van der Waals surface area contributed by atoms with E-state index in [0.29, 0.717) is 18.7 Å². The molecule has 0 aromatic carbocycles. The Morgan fingerprint density at radius 1 is 1.50 bits per heavy atom. The van der Waals surface area contributed by atoms with Crippen LogP contribution in [0.2, 0.25) is 0 Å².